The lowest BCUT2D eigenvalue weighted by atomic mass is 9.86. The number of aryl methyl sites for hydroxylation is 1. The van der Waals surface area contributed by atoms with Crippen LogP contribution in [-0.4, -0.2) is 52.0 Å². The minimum Gasteiger partial charge on any atom is -0.353 e. The number of halogens is 5. The van der Waals surface area contributed by atoms with Crippen LogP contribution >= 0.6 is 0 Å². The number of piperidine rings is 1. The Morgan fingerprint density at radius 1 is 1.03 bits per heavy atom. The second-order valence-corrected chi connectivity index (χ2v) is 10.3. The van der Waals surface area contributed by atoms with Gasteiger partial charge in [-0.05, 0) is 57.1 Å². The van der Waals surface area contributed by atoms with Crippen molar-refractivity contribution < 1.29 is 40.0 Å². The summed E-state index contributed by atoms with van der Waals surface area (Å²) in [7, 11) is -3.83. The number of amides is 2. The second kappa shape index (κ2) is 11.1. The molecule has 0 aromatic heterocycles. The summed E-state index contributed by atoms with van der Waals surface area (Å²) in [6, 6.07) is 6.62. The average molecular weight is 549 g/mol. The second-order valence-electron chi connectivity index (χ2n) is 8.57. The summed E-state index contributed by atoms with van der Waals surface area (Å²) in [5.74, 6) is -5.88. The zero-order valence-electron chi connectivity index (χ0n) is 19.6. The number of rotatable bonds is 8. The first-order chi connectivity index (χ1) is 17.2. The van der Waals surface area contributed by atoms with Crippen molar-refractivity contribution in [1.82, 2.24) is 20.7 Å². The predicted molar refractivity (Wildman–Crippen MR) is 123 cm³/mol. The van der Waals surface area contributed by atoms with Crippen LogP contribution < -0.4 is 20.7 Å². The number of carbonyl (C=O) groups excluding carboxylic acids is 2. The van der Waals surface area contributed by atoms with Gasteiger partial charge in [0.15, 0.2) is 11.6 Å². The smallest absolute Gasteiger partial charge is 0.353 e. The van der Waals surface area contributed by atoms with Gasteiger partial charge in [-0.25, -0.2) is 21.9 Å². The van der Waals surface area contributed by atoms with E-state index in [0.29, 0.717) is 6.07 Å². The maximum Gasteiger partial charge on any atom is 0.419 e. The number of hydrogen-bond donors (Lipinski definition) is 4. The van der Waals surface area contributed by atoms with Gasteiger partial charge in [-0.15, -0.1) is 0 Å². The molecule has 37 heavy (non-hydrogen) atoms. The van der Waals surface area contributed by atoms with Gasteiger partial charge in [0.1, 0.15) is 5.54 Å². The SMILES string of the molecule is Cc1ccc(S(=O)(=O)NCCNC(=O)C2(NC(=O)c3cc(F)c(F)c(C(F)(F)F)c3)CCNCC2)cc1. The number of sulfonamides is 1. The number of benzene rings is 2. The molecule has 1 aliphatic rings. The molecule has 0 spiro atoms. The molecule has 1 fully saturated rings. The molecule has 2 aromatic rings. The van der Waals surface area contributed by atoms with Gasteiger partial charge in [0, 0.05) is 18.7 Å². The van der Waals surface area contributed by atoms with Gasteiger partial charge in [-0.2, -0.15) is 13.2 Å². The van der Waals surface area contributed by atoms with Crippen LogP contribution in [0.1, 0.15) is 34.3 Å². The number of carbonyl (C=O) groups is 2. The fraction of sp³-hybridized carbons (Fsp3) is 0.391. The summed E-state index contributed by atoms with van der Waals surface area (Å²) in [5.41, 5.74) is -3.44. The first-order valence-electron chi connectivity index (χ1n) is 11.2. The highest BCUT2D eigenvalue weighted by Crippen LogP contribution is 2.33. The quantitative estimate of drug-likeness (QED) is 0.298. The minimum atomic E-state index is -5.24. The molecule has 0 unspecified atom stereocenters. The Morgan fingerprint density at radius 3 is 2.24 bits per heavy atom. The number of hydrogen-bond acceptors (Lipinski definition) is 5. The van der Waals surface area contributed by atoms with E-state index < -0.39 is 56.3 Å². The van der Waals surface area contributed by atoms with Crippen LogP contribution in [0.15, 0.2) is 41.3 Å². The Morgan fingerprint density at radius 2 is 1.65 bits per heavy atom. The van der Waals surface area contributed by atoms with Crippen molar-refractivity contribution in [2.45, 2.75) is 36.4 Å². The van der Waals surface area contributed by atoms with Crippen molar-refractivity contribution in [2.75, 3.05) is 26.2 Å². The Balaban J connectivity index is 1.69. The Hall–Kier alpha value is -3.10. The molecule has 1 aliphatic heterocycles. The van der Waals surface area contributed by atoms with E-state index in [2.05, 4.69) is 20.7 Å². The predicted octanol–water partition coefficient (Wildman–Crippen LogP) is 2.24. The van der Waals surface area contributed by atoms with Crippen LogP contribution in [0.4, 0.5) is 22.0 Å². The first-order valence-corrected chi connectivity index (χ1v) is 12.7. The Bertz CT molecular complexity index is 1260. The molecule has 3 rings (SSSR count). The molecule has 0 radical (unpaired) electrons. The van der Waals surface area contributed by atoms with E-state index in [-0.39, 0.29) is 50.0 Å². The monoisotopic (exact) mass is 548 g/mol. The van der Waals surface area contributed by atoms with Gasteiger partial charge in [-0.1, -0.05) is 17.7 Å². The Kier molecular flexibility index (Phi) is 8.55. The molecule has 0 saturated carbocycles. The third-order valence-corrected chi connectivity index (χ3v) is 7.35. The van der Waals surface area contributed by atoms with E-state index in [1.165, 1.54) is 12.1 Å². The molecule has 0 bridgehead atoms. The van der Waals surface area contributed by atoms with Gasteiger partial charge < -0.3 is 16.0 Å². The molecule has 14 heteroatoms. The van der Waals surface area contributed by atoms with Crippen molar-refractivity contribution in [1.29, 1.82) is 0 Å². The number of nitrogens with one attached hydrogen (secondary N) is 4. The fourth-order valence-electron chi connectivity index (χ4n) is 3.81. The number of alkyl halides is 3. The van der Waals surface area contributed by atoms with Crippen LogP contribution in [0.25, 0.3) is 0 Å². The molecule has 2 aromatic carbocycles. The molecule has 0 aliphatic carbocycles. The van der Waals surface area contributed by atoms with Crippen LogP contribution in [0.5, 0.6) is 0 Å². The molecule has 0 atom stereocenters. The van der Waals surface area contributed by atoms with Crippen molar-refractivity contribution in [3.05, 3.63) is 64.7 Å². The van der Waals surface area contributed by atoms with Crippen molar-refractivity contribution in [3.8, 4) is 0 Å². The zero-order valence-corrected chi connectivity index (χ0v) is 20.5. The van der Waals surface area contributed by atoms with E-state index in [9.17, 15) is 40.0 Å². The van der Waals surface area contributed by atoms with Crippen molar-refractivity contribution in [3.63, 3.8) is 0 Å². The van der Waals surface area contributed by atoms with E-state index in [1.54, 1.807) is 19.1 Å². The summed E-state index contributed by atoms with van der Waals surface area (Å²) in [6.45, 7) is 2.02. The van der Waals surface area contributed by atoms with Gasteiger partial charge >= 0.3 is 6.18 Å². The van der Waals surface area contributed by atoms with E-state index in [1.807, 2.05) is 0 Å². The van der Waals surface area contributed by atoms with Crippen LogP contribution in [0, 0.1) is 18.6 Å². The molecule has 2 amide bonds. The molecule has 8 nitrogen and oxygen atoms in total. The molecule has 1 heterocycles. The first kappa shape index (κ1) is 28.5. The standard InChI is InChI=1S/C23H25F5N4O4S/c1-14-2-4-16(5-3-14)37(35,36)31-11-10-30-21(34)22(6-8-29-9-7-22)32-20(33)15-12-17(23(26,27)28)19(25)18(24)13-15/h2-5,12-13,29,31H,6-11H2,1H3,(H,30,34)(H,32,33). The maximum atomic E-state index is 13.8. The largest absolute Gasteiger partial charge is 0.419 e. The van der Waals surface area contributed by atoms with E-state index in [0.717, 1.165) is 5.56 Å². The minimum absolute atomic E-state index is 0.0382. The van der Waals surface area contributed by atoms with E-state index in [4.69, 9.17) is 0 Å². The van der Waals surface area contributed by atoms with Gasteiger partial charge in [-0.3, -0.25) is 9.59 Å². The summed E-state index contributed by atoms with van der Waals surface area (Å²) < 4.78 is 93.7. The summed E-state index contributed by atoms with van der Waals surface area (Å²) in [4.78, 5) is 25.8. The third kappa shape index (κ3) is 6.81. The van der Waals surface area contributed by atoms with Gasteiger partial charge in [0.2, 0.25) is 15.9 Å². The average Bonchev–Trinajstić information content (AvgIpc) is 2.83. The van der Waals surface area contributed by atoms with Crippen LogP contribution in [-0.2, 0) is 21.0 Å². The third-order valence-electron chi connectivity index (χ3n) is 5.87. The molecule has 1 saturated heterocycles. The highest BCUT2D eigenvalue weighted by Gasteiger charge is 2.42. The lowest BCUT2D eigenvalue weighted by Crippen LogP contribution is -2.63. The van der Waals surface area contributed by atoms with Crippen molar-refractivity contribution in [2.24, 2.45) is 0 Å². The topological polar surface area (TPSA) is 116 Å². The van der Waals surface area contributed by atoms with Gasteiger partial charge in [0.25, 0.3) is 5.91 Å². The summed E-state index contributed by atoms with van der Waals surface area (Å²) >= 11 is 0. The molecular weight excluding hydrogens is 523 g/mol. The van der Waals surface area contributed by atoms with Crippen molar-refractivity contribution >= 4 is 21.8 Å². The molecule has 4 N–H and O–H groups in total. The van der Waals surface area contributed by atoms with E-state index >= 15 is 0 Å². The lowest BCUT2D eigenvalue weighted by molar-refractivity contribution is -0.140. The van der Waals surface area contributed by atoms with Gasteiger partial charge in [0.05, 0.1) is 10.5 Å². The lowest BCUT2D eigenvalue weighted by Gasteiger charge is -2.37. The summed E-state index contributed by atoms with van der Waals surface area (Å²) in [5, 5.41) is 7.87. The highest BCUT2D eigenvalue weighted by atomic mass is 32.2. The summed E-state index contributed by atoms with van der Waals surface area (Å²) in [6.07, 6.45) is -5.14. The van der Waals surface area contributed by atoms with Crippen LogP contribution in [0.2, 0.25) is 0 Å². The highest BCUT2D eigenvalue weighted by molar-refractivity contribution is 7.89. The normalized spacial score (nSPS) is 15.7. The molecular formula is C23H25F5N4O4S. The Labute approximate surface area is 210 Å². The van der Waals surface area contributed by atoms with Crippen LogP contribution in [0.3, 0.4) is 0 Å². The zero-order chi connectivity index (χ0) is 27.4. The maximum absolute atomic E-state index is 13.8. The molecule has 202 valence electrons. The fourth-order valence-corrected chi connectivity index (χ4v) is 4.84.